The summed E-state index contributed by atoms with van der Waals surface area (Å²) in [6.45, 7) is 0.678. The van der Waals surface area contributed by atoms with Crippen LogP contribution in [0.5, 0.6) is 0 Å². The molecule has 2 rings (SSSR count). The average molecular weight is 328 g/mol. The Hall–Kier alpha value is -2.16. The molecular weight excluding hydrogens is 312 g/mol. The van der Waals surface area contributed by atoms with Crippen LogP contribution in [-0.2, 0) is 14.6 Å². The molecular formula is C13H16N2O6S. The van der Waals surface area contributed by atoms with Crippen molar-refractivity contribution in [3.05, 3.63) is 28.3 Å². The van der Waals surface area contributed by atoms with Crippen molar-refractivity contribution >= 4 is 27.2 Å². The number of nitro benzene ring substituents is 1. The molecule has 9 heteroatoms. The Labute approximate surface area is 127 Å². The number of sulfone groups is 1. The lowest BCUT2D eigenvalue weighted by Crippen LogP contribution is -2.39. The summed E-state index contributed by atoms with van der Waals surface area (Å²) in [5, 5.41) is 20.3. The van der Waals surface area contributed by atoms with Crippen molar-refractivity contribution in [3.8, 4) is 0 Å². The van der Waals surface area contributed by atoms with E-state index in [4.69, 9.17) is 5.11 Å². The van der Waals surface area contributed by atoms with E-state index in [1.807, 2.05) is 0 Å². The van der Waals surface area contributed by atoms with Crippen LogP contribution in [0.15, 0.2) is 23.1 Å². The van der Waals surface area contributed by atoms with Crippen LogP contribution in [-0.4, -0.2) is 43.8 Å². The van der Waals surface area contributed by atoms with Crippen molar-refractivity contribution in [1.29, 1.82) is 0 Å². The van der Waals surface area contributed by atoms with Crippen LogP contribution < -0.4 is 4.90 Å². The van der Waals surface area contributed by atoms with Gasteiger partial charge in [0, 0.05) is 25.4 Å². The first-order valence-electron chi connectivity index (χ1n) is 6.66. The molecule has 1 atom stereocenters. The Bertz CT molecular complexity index is 715. The first-order valence-corrected chi connectivity index (χ1v) is 8.55. The van der Waals surface area contributed by atoms with E-state index in [9.17, 15) is 23.3 Å². The van der Waals surface area contributed by atoms with Gasteiger partial charge < -0.3 is 10.0 Å². The summed E-state index contributed by atoms with van der Waals surface area (Å²) in [5.41, 5.74) is -0.0719. The van der Waals surface area contributed by atoms with Crippen molar-refractivity contribution in [1.82, 2.24) is 0 Å². The molecule has 0 aromatic heterocycles. The van der Waals surface area contributed by atoms with Crippen LogP contribution in [0, 0.1) is 16.0 Å². The number of rotatable bonds is 4. The van der Waals surface area contributed by atoms with E-state index in [0.29, 0.717) is 19.4 Å². The topological polar surface area (TPSA) is 118 Å². The molecule has 0 saturated carbocycles. The second kappa shape index (κ2) is 5.91. The van der Waals surface area contributed by atoms with Gasteiger partial charge >= 0.3 is 5.97 Å². The molecule has 0 unspecified atom stereocenters. The van der Waals surface area contributed by atoms with Crippen LogP contribution in [0.1, 0.15) is 12.8 Å². The SMILES string of the molecule is CS(=O)(=O)c1ccc(N2CCC[C@H](C(=O)O)C2)c([N+](=O)[O-])c1. The molecule has 0 amide bonds. The van der Waals surface area contributed by atoms with Crippen LogP contribution in [0.4, 0.5) is 11.4 Å². The first-order chi connectivity index (χ1) is 10.2. The summed E-state index contributed by atoms with van der Waals surface area (Å²) in [7, 11) is -3.55. The molecule has 8 nitrogen and oxygen atoms in total. The standard InChI is InChI=1S/C13H16N2O6S/c1-22(20,21)10-4-5-11(12(7-10)15(18)19)14-6-2-3-9(8-14)13(16)17/h4-5,7,9H,2-3,6,8H2,1H3,(H,16,17)/t9-/m0/s1. The highest BCUT2D eigenvalue weighted by Crippen LogP contribution is 2.33. The average Bonchev–Trinajstić information content (AvgIpc) is 2.45. The van der Waals surface area contributed by atoms with E-state index < -0.39 is 26.6 Å². The van der Waals surface area contributed by atoms with Gasteiger partial charge in [0.05, 0.1) is 15.7 Å². The number of benzene rings is 1. The maximum atomic E-state index is 11.5. The molecule has 1 aliphatic heterocycles. The quantitative estimate of drug-likeness (QED) is 0.653. The molecule has 1 aromatic carbocycles. The summed E-state index contributed by atoms with van der Waals surface area (Å²) < 4.78 is 23.0. The number of carboxylic acids is 1. The molecule has 1 N–H and O–H groups in total. The van der Waals surface area contributed by atoms with Crippen LogP contribution in [0.25, 0.3) is 0 Å². The monoisotopic (exact) mass is 328 g/mol. The number of nitrogens with zero attached hydrogens (tertiary/aromatic N) is 2. The third kappa shape index (κ3) is 3.35. The first kappa shape index (κ1) is 16.2. The van der Waals surface area contributed by atoms with Crippen LogP contribution in [0.2, 0.25) is 0 Å². The second-order valence-corrected chi connectivity index (χ2v) is 7.32. The van der Waals surface area contributed by atoms with Gasteiger partial charge in [0.2, 0.25) is 0 Å². The van der Waals surface area contributed by atoms with Gasteiger partial charge in [-0.25, -0.2) is 8.42 Å². The summed E-state index contributed by atoms with van der Waals surface area (Å²) >= 11 is 0. The van der Waals surface area contributed by atoms with Gasteiger partial charge in [0.25, 0.3) is 5.69 Å². The maximum Gasteiger partial charge on any atom is 0.308 e. The number of aliphatic carboxylic acids is 1. The van der Waals surface area contributed by atoms with Gasteiger partial charge in [-0.05, 0) is 25.0 Å². The van der Waals surface area contributed by atoms with Gasteiger partial charge in [0.15, 0.2) is 9.84 Å². The minimum Gasteiger partial charge on any atom is -0.481 e. The maximum absolute atomic E-state index is 11.5. The zero-order valence-electron chi connectivity index (χ0n) is 11.9. The summed E-state index contributed by atoms with van der Waals surface area (Å²) in [4.78, 5) is 23.2. The number of piperidine rings is 1. The van der Waals surface area contributed by atoms with Crippen molar-refractivity contribution in [2.45, 2.75) is 17.7 Å². The fraction of sp³-hybridized carbons (Fsp3) is 0.462. The number of anilines is 1. The van der Waals surface area contributed by atoms with Gasteiger partial charge in [-0.15, -0.1) is 0 Å². The van der Waals surface area contributed by atoms with Crippen LogP contribution >= 0.6 is 0 Å². The third-order valence-electron chi connectivity index (χ3n) is 3.68. The highest BCUT2D eigenvalue weighted by atomic mass is 32.2. The fourth-order valence-electron chi connectivity index (χ4n) is 2.55. The Morgan fingerprint density at radius 3 is 2.68 bits per heavy atom. The summed E-state index contributed by atoms with van der Waals surface area (Å²) in [5.74, 6) is -1.51. The zero-order valence-corrected chi connectivity index (χ0v) is 12.7. The number of nitro groups is 1. The predicted octanol–water partition coefficient (Wildman–Crippen LogP) is 1.30. The lowest BCUT2D eigenvalue weighted by atomic mass is 9.97. The molecule has 0 aliphatic carbocycles. The van der Waals surface area contributed by atoms with Gasteiger partial charge in [-0.1, -0.05) is 0 Å². The van der Waals surface area contributed by atoms with Crippen molar-refractivity contribution in [2.24, 2.45) is 5.92 Å². The van der Waals surface area contributed by atoms with Crippen molar-refractivity contribution < 1.29 is 23.2 Å². The second-order valence-electron chi connectivity index (χ2n) is 5.30. The number of hydrogen-bond acceptors (Lipinski definition) is 6. The fourth-order valence-corrected chi connectivity index (χ4v) is 3.19. The lowest BCUT2D eigenvalue weighted by molar-refractivity contribution is -0.384. The summed E-state index contributed by atoms with van der Waals surface area (Å²) in [6, 6.07) is 3.70. The summed E-state index contributed by atoms with van der Waals surface area (Å²) in [6.07, 6.45) is 2.12. The largest absolute Gasteiger partial charge is 0.481 e. The Morgan fingerprint density at radius 1 is 1.45 bits per heavy atom. The minimum absolute atomic E-state index is 0.130. The van der Waals surface area contributed by atoms with Gasteiger partial charge in [0.1, 0.15) is 5.69 Å². The molecule has 1 saturated heterocycles. The molecule has 1 heterocycles. The molecule has 1 fully saturated rings. The molecule has 0 radical (unpaired) electrons. The van der Waals surface area contributed by atoms with Crippen molar-refractivity contribution in [2.75, 3.05) is 24.2 Å². The van der Waals surface area contributed by atoms with E-state index in [0.717, 1.165) is 12.3 Å². The van der Waals surface area contributed by atoms with E-state index in [1.165, 1.54) is 12.1 Å². The van der Waals surface area contributed by atoms with E-state index in [-0.39, 0.29) is 22.8 Å². The zero-order chi connectivity index (χ0) is 16.5. The molecule has 0 bridgehead atoms. The third-order valence-corrected chi connectivity index (χ3v) is 4.79. The smallest absolute Gasteiger partial charge is 0.308 e. The lowest BCUT2D eigenvalue weighted by Gasteiger charge is -2.32. The molecule has 22 heavy (non-hydrogen) atoms. The van der Waals surface area contributed by atoms with E-state index >= 15 is 0 Å². The number of carboxylic acid groups (broad SMARTS) is 1. The van der Waals surface area contributed by atoms with Crippen molar-refractivity contribution in [3.63, 3.8) is 0 Å². The predicted molar refractivity (Wildman–Crippen MR) is 78.8 cm³/mol. The van der Waals surface area contributed by atoms with Crippen LogP contribution in [0.3, 0.4) is 0 Å². The molecule has 120 valence electrons. The Balaban J connectivity index is 2.42. The number of hydrogen-bond donors (Lipinski definition) is 1. The number of carbonyl (C=O) groups is 1. The highest BCUT2D eigenvalue weighted by Gasteiger charge is 2.29. The van der Waals surface area contributed by atoms with Gasteiger partial charge in [-0.3, -0.25) is 14.9 Å². The normalized spacial score (nSPS) is 19.0. The molecule has 1 aromatic rings. The highest BCUT2D eigenvalue weighted by molar-refractivity contribution is 7.90. The molecule has 1 aliphatic rings. The van der Waals surface area contributed by atoms with E-state index in [1.54, 1.807) is 4.90 Å². The van der Waals surface area contributed by atoms with E-state index in [2.05, 4.69) is 0 Å². The van der Waals surface area contributed by atoms with Gasteiger partial charge in [-0.2, -0.15) is 0 Å². The molecule has 0 spiro atoms. The minimum atomic E-state index is -3.55. The Morgan fingerprint density at radius 2 is 2.14 bits per heavy atom. The Kier molecular flexibility index (Phi) is 4.36.